The van der Waals surface area contributed by atoms with Crippen LogP contribution >= 0.6 is 0 Å². The van der Waals surface area contributed by atoms with Crippen molar-refractivity contribution in [3.05, 3.63) is 16.7 Å². The van der Waals surface area contributed by atoms with Gasteiger partial charge in [-0.15, -0.1) is 0 Å². The number of likely N-dealkylation sites (N-methyl/N-ethyl adjacent to an activating group) is 1. The number of anilines is 1. The predicted octanol–water partition coefficient (Wildman–Crippen LogP) is -1.68. The second-order valence-electron chi connectivity index (χ2n) is 5.62. The van der Waals surface area contributed by atoms with Crippen molar-refractivity contribution in [3.63, 3.8) is 0 Å². The maximum atomic E-state index is 11.9. The van der Waals surface area contributed by atoms with Crippen LogP contribution in [0.2, 0.25) is 0 Å². The number of aromatic amines is 1. The monoisotopic (exact) mass is 324 g/mol. The Bertz CT molecular complexity index is 767. The molecule has 23 heavy (non-hydrogen) atoms. The fourth-order valence-electron chi connectivity index (χ4n) is 3.06. The topological polar surface area (TPSA) is 151 Å². The van der Waals surface area contributed by atoms with Crippen molar-refractivity contribution in [2.75, 3.05) is 19.4 Å². The third-order valence-electron chi connectivity index (χ3n) is 4.47. The Labute approximate surface area is 131 Å². The first-order valence-electron chi connectivity index (χ1n) is 7.33. The normalized spacial score (nSPS) is 31.0. The molecule has 2 aromatic rings. The molecule has 0 aromatic carbocycles. The first kappa shape index (κ1) is 15.9. The van der Waals surface area contributed by atoms with Crippen molar-refractivity contribution in [1.82, 2.24) is 24.8 Å². The van der Waals surface area contributed by atoms with Crippen molar-refractivity contribution < 1.29 is 14.9 Å². The second-order valence-corrected chi connectivity index (χ2v) is 5.62. The molecule has 3 rings (SSSR count). The number of aliphatic hydroxyl groups is 2. The van der Waals surface area contributed by atoms with Crippen molar-refractivity contribution in [2.24, 2.45) is 0 Å². The van der Waals surface area contributed by atoms with Crippen molar-refractivity contribution in [3.8, 4) is 0 Å². The number of nitrogens with one attached hydrogen (secondary N) is 2. The second kappa shape index (κ2) is 5.57. The lowest BCUT2D eigenvalue weighted by Gasteiger charge is -2.28. The van der Waals surface area contributed by atoms with Gasteiger partial charge in [-0.1, -0.05) is 6.92 Å². The summed E-state index contributed by atoms with van der Waals surface area (Å²) in [5.41, 5.74) is 4.44. The van der Waals surface area contributed by atoms with Gasteiger partial charge >= 0.3 is 0 Å². The van der Waals surface area contributed by atoms with Crippen molar-refractivity contribution in [2.45, 2.75) is 37.3 Å². The molecule has 4 atom stereocenters. The number of hydrogen-bond donors (Lipinski definition) is 5. The molecule has 3 heterocycles. The molecule has 1 aliphatic heterocycles. The first-order chi connectivity index (χ1) is 11.0. The van der Waals surface area contributed by atoms with Gasteiger partial charge in [0.1, 0.15) is 11.7 Å². The summed E-state index contributed by atoms with van der Waals surface area (Å²) >= 11 is 0. The van der Waals surface area contributed by atoms with E-state index < -0.39 is 29.5 Å². The van der Waals surface area contributed by atoms with Crippen LogP contribution in [0.15, 0.2) is 11.1 Å². The average Bonchev–Trinajstić information content (AvgIpc) is 3.06. The van der Waals surface area contributed by atoms with Crippen LogP contribution in [0.25, 0.3) is 11.2 Å². The lowest BCUT2D eigenvalue weighted by molar-refractivity contribution is -0.128. The Morgan fingerprint density at radius 3 is 2.96 bits per heavy atom. The summed E-state index contributed by atoms with van der Waals surface area (Å²) in [7, 11) is 1.68. The molecular formula is C13H20N6O4. The van der Waals surface area contributed by atoms with E-state index in [2.05, 4.69) is 20.3 Å². The molecule has 0 aliphatic carbocycles. The Morgan fingerprint density at radius 2 is 2.35 bits per heavy atom. The summed E-state index contributed by atoms with van der Waals surface area (Å²) in [4.78, 5) is 22.4. The highest BCUT2D eigenvalue weighted by molar-refractivity contribution is 5.70. The van der Waals surface area contributed by atoms with E-state index in [1.54, 1.807) is 11.6 Å². The number of H-pyrrole nitrogens is 1. The van der Waals surface area contributed by atoms with E-state index in [9.17, 15) is 15.0 Å². The third kappa shape index (κ3) is 2.22. The van der Waals surface area contributed by atoms with Gasteiger partial charge in [-0.2, -0.15) is 4.98 Å². The van der Waals surface area contributed by atoms with Gasteiger partial charge in [-0.25, -0.2) is 4.98 Å². The zero-order valence-corrected chi connectivity index (χ0v) is 12.9. The minimum absolute atomic E-state index is 0.0345. The van der Waals surface area contributed by atoms with Gasteiger partial charge in [0.15, 0.2) is 17.4 Å². The molecule has 6 N–H and O–H groups in total. The molecule has 10 nitrogen and oxygen atoms in total. The van der Waals surface area contributed by atoms with E-state index in [0.29, 0.717) is 6.42 Å². The molecule has 0 spiro atoms. The van der Waals surface area contributed by atoms with Crippen molar-refractivity contribution in [1.29, 1.82) is 0 Å². The number of nitrogens with zero attached hydrogens (tertiary/aromatic N) is 3. The molecule has 2 aromatic heterocycles. The fourth-order valence-corrected chi connectivity index (χ4v) is 3.06. The first-order valence-corrected chi connectivity index (χ1v) is 7.33. The van der Waals surface area contributed by atoms with Gasteiger partial charge in [0, 0.05) is 0 Å². The third-order valence-corrected chi connectivity index (χ3v) is 4.47. The average molecular weight is 324 g/mol. The van der Waals surface area contributed by atoms with Crippen LogP contribution in [0.5, 0.6) is 0 Å². The maximum absolute atomic E-state index is 11.9. The Balaban J connectivity index is 2.13. The van der Waals surface area contributed by atoms with Crippen LogP contribution in [-0.4, -0.2) is 61.1 Å². The minimum atomic E-state index is -1.10. The highest BCUT2D eigenvalue weighted by Gasteiger charge is 2.53. The highest BCUT2D eigenvalue weighted by atomic mass is 16.6. The van der Waals surface area contributed by atoms with Gasteiger partial charge in [-0.3, -0.25) is 14.3 Å². The van der Waals surface area contributed by atoms with E-state index in [-0.39, 0.29) is 23.7 Å². The molecule has 126 valence electrons. The Hall–Kier alpha value is -2.01. The summed E-state index contributed by atoms with van der Waals surface area (Å²) in [6.07, 6.45) is 0.198. The number of aliphatic hydroxyl groups excluding tert-OH is 2. The predicted molar refractivity (Wildman–Crippen MR) is 81.6 cm³/mol. The number of hydrogen-bond acceptors (Lipinski definition) is 8. The van der Waals surface area contributed by atoms with Crippen LogP contribution in [-0.2, 0) is 4.74 Å². The van der Waals surface area contributed by atoms with E-state index in [0.717, 1.165) is 0 Å². The standard InChI is InChI=1S/C13H20N6O4/c1-3-13(4-20)8(21)6(15-2)11(23-13)19-5-16-7-9(19)17-12(14)18-10(7)22/h5-6,8,11,15,20-21H,3-4H2,1-2H3,(H3,14,17,18,22)/t6-,8+,11-,13-/m1/s1. The molecule has 10 heteroatoms. The number of imidazole rings is 1. The molecule has 0 bridgehead atoms. The molecule has 0 unspecified atom stereocenters. The number of rotatable bonds is 4. The Morgan fingerprint density at radius 1 is 1.61 bits per heavy atom. The zero-order chi connectivity index (χ0) is 16.8. The van der Waals surface area contributed by atoms with Gasteiger partial charge in [-0.05, 0) is 13.5 Å². The number of aromatic nitrogens is 4. The summed E-state index contributed by atoms with van der Waals surface area (Å²) in [6.45, 7) is 1.49. The van der Waals surface area contributed by atoms with E-state index in [1.165, 1.54) is 6.33 Å². The summed E-state index contributed by atoms with van der Waals surface area (Å²) in [5.74, 6) is -0.0345. The fraction of sp³-hybridized carbons (Fsp3) is 0.615. The lowest BCUT2D eigenvalue weighted by Crippen LogP contribution is -2.49. The summed E-state index contributed by atoms with van der Waals surface area (Å²) in [6, 6.07) is -0.512. The number of nitrogen functional groups attached to an aromatic ring is 1. The lowest BCUT2D eigenvalue weighted by atomic mass is 9.92. The van der Waals surface area contributed by atoms with Crippen LogP contribution in [0.1, 0.15) is 19.6 Å². The van der Waals surface area contributed by atoms with Crippen LogP contribution in [0.3, 0.4) is 0 Å². The molecule has 0 amide bonds. The molecule has 0 saturated carbocycles. The number of fused-ring (bicyclic) bond motifs is 1. The molecule has 1 fully saturated rings. The van der Waals surface area contributed by atoms with Gasteiger partial charge < -0.3 is 26.0 Å². The molecule has 1 aliphatic rings. The van der Waals surface area contributed by atoms with Crippen LogP contribution in [0.4, 0.5) is 5.95 Å². The van der Waals surface area contributed by atoms with E-state index in [1.807, 2.05) is 6.92 Å². The molecular weight excluding hydrogens is 304 g/mol. The smallest absolute Gasteiger partial charge is 0.280 e. The van der Waals surface area contributed by atoms with Crippen LogP contribution in [0, 0.1) is 0 Å². The van der Waals surface area contributed by atoms with Crippen molar-refractivity contribution >= 4 is 17.1 Å². The van der Waals surface area contributed by atoms with E-state index >= 15 is 0 Å². The maximum Gasteiger partial charge on any atom is 0.280 e. The van der Waals surface area contributed by atoms with Gasteiger partial charge in [0.25, 0.3) is 5.56 Å². The molecule has 0 radical (unpaired) electrons. The zero-order valence-electron chi connectivity index (χ0n) is 12.9. The minimum Gasteiger partial charge on any atom is -0.393 e. The quantitative estimate of drug-likeness (QED) is 0.447. The van der Waals surface area contributed by atoms with Gasteiger partial charge in [0.05, 0.1) is 19.0 Å². The Kier molecular flexibility index (Phi) is 3.84. The summed E-state index contributed by atoms with van der Waals surface area (Å²) < 4.78 is 7.50. The molecule has 1 saturated heterocycles. The SMILES string of the molecule is CC[C@]1(CO)O[C@@H](n2cnc3c(=O)[nH]c(N)nc32)[C@H](NC)[C@@H]1O. The van der Waals surface area contributed by atoms with Crippen LogP contribution < -0.4 is 16.6 Å². The highest BCUT2D eigenvalue weighted by Crippen LogP contribution is 2.39. The largest absolute Gasteiger partial charge is 0.393 e. The number of ether oxygens (including phenoxy) is 1. The van der Waals surface area contributed by atoms with E-state index in [4.69, 9.17) is 10.5 Å². The van der Waals surface area contributed by atoms with Gasteiger partial charge in [0.2, 0.25) is 5.95 Å². The summed E-state index contributed by atoms with van der Waals surface area (Å²) in [5, 5.41) is 23.2. The number of nitrogens with two attached hydrogens (primary N) is 1.